The Labute approximate surface area is 219 Å². The van der Waals surface area contributed by atoms with E-state index < -0.39 is 25.7 Å². The molecular formula is C25H40N3O8P. The number of carbonyl (C=O) groups excluding carboxylic acids is 3. The van der Waals surface area contributed by atoms with Gasteiger partial charge in [-0.05, 0) is 45.7 Å². The molecule has 1 aliphatic heterocycles. The smallest absolute Gasteiger partial charge is 0.459 e. The van der Waals surface area contributed by atoms with E-state index in [1.54, 1.807) is 50.4 Å². The highest BCUT2D eigenvalue weighted by molar-refractivity contribution is 7.52. The van der Waals surface area contributed by atoms with Crippen LogP contribution >= 0.6 is 7.75 Å². The Morgan fingerprint density at radius 1 is 1.11 bits per heavy atom. The second-order valence-corrected chi connectivity index (χ2v) is 10.8. The van der Waals surface area contributed by atoms with Gasteiger partial charge in [-0.1, -0.05) is 32.0 Å². The number of amides is 2. The van der Waals surface area contributed by atoms with E-state index >= 15 is 0 Å². The van der Waals surface area contributed by atoms with Crippen LogP contribution in [-0.2, 0) is 32.9 Å². The van der Waals surface area contributed by atoms with Crippen LogP contribution in [0.15, 0.2) is 42.6 Å². The molecule has 6 atom stereocenters. The molecule has 1 fully saturated rings. The molecule has 1 heterocycles. The van der Waals surface area contributed by atoms with Gasteiger partial charge in [0.05, 0.1) is 12.2 Å². The first-order valence-electron chi connectivity index (χ1n) is 12.0. The maximum absolute atomic E-state index is 12.4. The molecule has 1 saturated heterocycles. The van der Waals surface area contributed by atoms with Gasteiger partial charge < -0.3 is 18.9 Å². The lowest BCUT2D eigenvalue weighted by molar-refractivity contribution is -0.149. The number of carbonyl (C=O) groups is 3. The second kappa shape index (κ2) is 15.5. The number of nitrogens with one attached hydrogen (secondary N) is 2. The van der Waals surface area contributed by atoms with Gasteiger partial charge in [0.1, 0.15) is 18.0 Å². The van der Waals surface area contributed by atoms with Crippen LogP contribution in [0.25, 0.3) is 0 Å². The third kappa shape index (κ3) is 11.1. The molecule has 1 aromatic carbocycles. The minimum Gasteiger partial charge on any atom is -0.462 e. The first kappa shape index (κ1) is 32.3. The Kier molecular flexibility index (Phi) is 13.5. The maximum atomic E-state index is 12.4. The largest absolute Gasteiger partial charge is 0.462 e. The molecule has 37 heavy (non-hydrogen) atoms. The fourth-order valence-corrected chi connectivity index (χ4v) is 4.57. The molecular weight excluding hydrogens is 501 g/mol. The Bertz CT molecular complexity index is 943. The van der Waals surface area contributed by atoms with Crippen LogP contribution in [0.3, 0.4) is 0 Å². The maximum Gasteiger partial charge on any atom is 0.459 e. The van der Waals surface area contributed by atoms with Crippen molar-refractivity contribution in [2.45, 2.75) is 66.0 Å². The van der Waals surface area contributed by atoms with Crippen LogP contribution in [0.2, 0.25) is 0 Å². The highest BCUT2D eigenvalue weighted by Crippen LogP contribution is 2.43. The lowest BCUT2D eigenvalue weighted by Crippen LogP contribution is -2.36. The van der Waals surface area contributed by atoms with Crippen molar-refractivity contribution in [3.63, 3.8) is 0 Å². The zero-order chi connectivity index (χ0) is 28.2. The van der Waals surface area contributed by atoms with Gasteiger partial charge in [0.2, 0.25) is 6.41 Å². The predicted molar refractivity (Wildman–Crippen MR) is 139 cm³/mol. The van der Waals surface area contributed by atoms with Gasteiger partial charge in [-0.25, -0.2) is 4.57 Å². The van der Waals surface area contributed by atoms with Crippen LogP contribution in [0, 0.1) is 11.8 Å². The lowest BCUT2D eigenvalue weighted by Gasteiger charge is -2.26. The van der Waals surface area contributed by atoms with Crippen molar-refractivity contribution in [2.75, 3.05) is 14.2 Å². The van der Waals surface area contributed by atoms with Gasteiger partial charge in [-0.2, -0.15) is 5.09 Å². The SMILES string of the molecule is CC1OC(N(C)/C=C\C(=O)NC=O)C(C)C1C.CO[P@@](=O)(N[C@@H](C)C(=O)OC(C)C)Oc1ccccc1. The van der Waals surface area contributed by atoms with E-state index in [-0.39, 0.29) is 18.4 Å². The molecule has 2 amide bonds. The number of rotatable bonds is 11. The van der Waals surface area contributed by atoms with Crippen LogP contribution < -0.4 is 14.9 Å². The summed E-state index contributed by atoms with van der Waals surface area (Å²) in [5, 5.41) is 4.58. The summed E-state index contributed by atoms with van der Waals surface area (Å²) in [6.07, 6.45) is 3.26. The van der Waals surface area contributed by atoms with Crippen molar-refractivity contribution < 1.29 is 37.5 Å². The van der Waals surface area contributed by atoms with Crippen LogP contribution in [-0.4, -0.2) is 61.8 Å². The molecule has 1 aromatic rings. The fraction of sp³-hybridized carbons (Fsp3) is 0.560. The van der Waals surface area contributed by atoms with Crippen molar-refractivity contribution in [3.8, 4) is 5.75 Å². The molecule has 12 heteroatoms. The third-order valence-corrected chi connectivity index (χ3v) is 7.34. The summed E-state index contributed by atoms with van der Waals surface area (Å²) in [7, 11) is -0.521. The summed E-state index contributed by atoms with van der Waals surface area (Å²) < 4.78 is 33.4. The molecule has 4 unspecified atom stereocenters. The van der Waals surface area contributed by atoms with E-state index in [4.69, 9.17) is 18.5 Å². The van der Waals surface area contributed by atoms with Crippen LogP contribution in [0.5, 0.6) is 5.75 Å². The Hall–Kier alpha value is -2.72. The molecule has 0 radical (unpaired) electrons. The highest BCUT2D eigenvalue weighted by atomic mass is 31.2. The number of hydrogen-bond donors (Lipinski definition) is 2. The summed E-state index contributed by atoms with van der Waals surface area (Å²) in [4.78, 5) is 34.7. The summed E-state index contributed by atoms with van der Waals surface area (Å²) in [6.45, 7) is 11.4. The fourth-order valence-electron chi connectivity index (χ4n) is 3.36. The molecule has 0 bridgehead atoms. The van der Waals surface area contributed by atoms with Gasteiger partial charge in [-0.3, -0.25) is 24.2 Å². The molecule has 1 aliphatic rings. The van der Waals surface area contributed by atoms with E-state index in [9.17, 15) is 18.9 Å². The van der Waals surface area contributed by atoms with Crippen molar-refractivity contribution >= 4 is 26.0 Å². The van der Waals surface area contributed by atoms with Crippen molar-refractivity contribution in [1.82, 2.24) is 15.3 Å². The predicted octanol–water partition coefficient (Wildman–Crippen LogP) is 3.47. The van der Waals surface area contributed by atoms with Crippen molar-refractivity contribution in [2.24, 2.45) is 11.8 Å². The zero-order valence-corrected chi connectivity index (χ0v) is 23.6. The number of esters is 1. The Morgan fingerprint density at radius 3 is 2.22 bits per heavy atom. The Morgan fingerprint density at radius 2 is 1.73 bits per heavy atom. The molecule has 0 aliphatic carbocycles. The first-order chi connectivity index (χ1) is 17.3. The number of benzene rings is 1. The summed E-state index contributed by atoms with van der Waals surface area (Å²) >= 11 is 0. The minimum absolute atomic E-state index is 0.0275. The average Bonchev–Trinajstić information content (AvgIpc) is 3.10. The van der Waals surface area contributed by atoms with Gasteiger partial charge in [0, 0.05) is 32.4 Å². The van der Waals surface area contributed by atoms with Gasteiger partial charge in [0.15, 0.2) is 0 Å². The first-order valence-corrected chi connectivity index (χ1v) is 13.6. The Balaban J connectivity index is 0.000000375. The summed E-state index contributed by atoms with van der Waals surface area (Å²) in [5.74, 6) is 0.315. The quantitative estimate of drug-likeness (QED) is 0.186. The van der Waals surface area contributed by atoms with Crippen LogP contribution in [0.1, 0.15) is 41.5 Å². The van der Waals surface area contributed by atoms with Gasteiger partial charge in [-0.15, -0.1) is 0 Å². The topological polar surface area (TPSA) is 132 Å². The molecule has 0 aromatic heterocycles. The highest BCUT2D eigenvalue weighted by Gasteiger charge is 2.38. The van der Waals surface area contributed by atoms with E-state index in [1.165, 1.54) is 20.1 Å². The number of nitrogens with zero attached hydrogens (tertiary/aromatic N) is 1. The lowest BCUT2D eigenvalue weighted by atomic mass is 9.93. The third-order valence-electron chi connectivity index (χ3n) is 5.70. The van der Waals surface area contributed by atoms with E-state index in [0.29, 0.717) is 24.0 Å². The zero-order valence-electron chi connectivity index (χ0n) is 22.7. The molecule has 0 saturated carbocycles. The van der Waals surface area contributed by atoms with E-state index in [2.05, 4.69) is 25.9 Å². The number of para-hydroxylation sites is 1. The number of ether oxygens (including phenoxy) is 2. The van der Waals surface area contributed by atoms with Crippen LogP contribution in [0.4, 0.5) is 0 Å². The molecule has 2 rings (SSSR count). The van der Waals surface area contributed by atoms with E-state index in [1.807, 2.05) is 17.3 Å². The average molecular weight is 542 g/mol. The minimum atomic E-state index is -3.63. The number of imide groups is 1. The number of hydrogen-bond acceptors (Lipinski definition) is 9. The molecule has 2 N–H and O–H groups in total. The summed E-state index contributed by atoms with van der Waals surface area (Å²) in [6, 6.07) is 7.76. The van der Waals surface area contributed by atoms with E-state index in [0.717, 1.165) is 0 Å². The molecule has 0 spiro atoms. The van der Waals surface area contributed by atoms with Gasteiger partial charge >= 0.3 is 13.7 Å². The van der Waals surface area contributed by atoms with Crippen molar-refractivity contribution in [1.29, 1.82) is 0 Å². The van der Waals surface area contributed by atoms with Gasteiger partial charge in [0.25, 0.3) is 5.91 Å². The molecule has 11 nitrogen and oxygen atoms in total. The second-order valence-electron chi connectivity index (χ2n) is 8.98. The summed E-state index contributed by atoms with van der Waals surface area (Å²) in [5.41, 5.74) is 0. The monoisotopic (exact) mass is 541 g/mol. The normalized spacial score (nSPS) is 23.4. The standard InChI is InChI=1S/C13H20NO5P.C12H20N2O3/c1-10(2)18-13(15)11(3)14-20(16,17-4)19-12-8-6-5-7-9-12;1-8-9(2)12(17-10(8)3)14(4)6-5-11(16)13-7-15/h5-11H,1-4H3,(H,14,16);5-10,12H,1-4H3,(H,13,15,16)/b;6-5-/t11-,20-;/m0./s1. The van der Waals surface area contributed by atoms with Crippen molar-refractivity contribution in [3.05, 3.63) is 42.6 Å². The molecule has 208 valence electrons.